The van der Waals surface area contributed by atoms with E-state index in [4.69, 9.17) is 10.8 Å². The standard InChI is InChI=1S/C91H115N13O25S2/c1-55-43-62(63-21-27-71(56(2)44-63)98-99-72-28-24-68-76(131(127,128)129)29-25-69(92)84(68)85(72)118)20-26-70(55)96-88(121)73(95-78(108)50-100-35-37-101(51-81(112)113)39-41-103(53-83(116)117)42-40-102(38-36-100)52-82(114)115)12-6-8-32-93-77(107)31-34-104-79(109)49-75(89(104)122)130-54-66(105)23-16-57-13-18-60(19-14-57)86(119)97-74(46-58-15-17-59-9-3-4-10-61(59)45-58)87(120)94-33-7-5-11-64(90(123)124)47-67(106)48-65(91(125)126)22-30-80(110)111/h3-4,9-10,15,17,20-21,24-29,43-45,57,60,64-65,73-75,118H,5-8,11-14,16,18-19,22-23,30-42,46-54,92H2,1-2H3,(H,93,107)(H,94,120)(H,95,108)(H,96,121)(H,97,119)(H,110,111)(H,112,113)(H,114,115)(H,116,117)(H,123,124)(H,125,126)(H,127,128,129)/t57?,60?,64-,65-,73-,74?,75?/m1/s1. The van der Waals surface area contributed by atoms with Crippen LogP contribution in [0.5, 0.6) is 5.75 Å². The van der Waals surface area contributed by atoms with Crippen LogP contribution in [0.15, 0.2) is 118 Å². The number of ketones is 2. The van der Waals surface area contributed by atoms with E-state index in [0.717, 1.165) is 50.2 Å². The molecule has 15 N–H and O–H groups in total. The fourth-order valence-electron chi connectivity index (χ4n) is 16.3. The number of fused-ring (bicyclic) bond motifs is 2. The quantitative estimate of drug-likeness (QED) is 0.00579. The number of aromatic hydroxyl groups is 1. The third-order valence-corrected chi connectivity index (χ3v) is 25.9. The lowest BCUT2D eigenvalue weighted by molar-refractivity contribution is -0.146. The number of amides is 7. The number of nitrogens with zero attached hydrogens (tertiary/aromatic N) is 7. The number of carbonyl (C=O) groups excluding carboxylic acids is 9. The maximum Gasteiger partial charge on any atom is 0.317 e. The number of nitrogen functional groups attached to an aromatic ring is 1. The summed E-state index contributed by atoms with van der Waals surface area (Å²) in [7, 11) is -4.67. The number of carbonyl (C=O) groups is 15. The number of phenolic OH excluding ortho intramolecular Hbond substituents is 1. The summed E-state index contributed by atoms with van der Waals surface area (Å²) in [6.45, 7) is 3.16. The average Bonchev–Trinajstić information content (AvgIpc) is 1.13. The number of aliphatic carboxylic acids is 6. The van der Waals surface area contributed by atoms with Gasteiger partial charge in [0.15, 0.2) is 5.75 Å². The van der Waals surface area contributed by atoms with Gasteiger partial charge in [-0.3, -0.25) is 101 Å². The van der Waals surface area contributed by atoms with Crippen molar-refractivity contribution in [2.24, 2.45) is 33.9 Å². The third kappa shape index (κ3) is 32.4. The highest BCUT2D eigenvalue weighted by atomic mass is 32.2. The van der Waals surface area contributed by atoms with Crippen LogP contribution >= 0.6 is 11.8 Å². The normalized spacial score (nSPS) is 17.3. The molecule has 131 heavy (non-hydrogen) atoms. The zero-order valence-electron chi connectivity index (χ0n) is 73.1. The maximum atomic E-state index is 14.6. The third-order valence-electron chi connectivity index (χ3n) is 23.7. The fourth-order valence-corrected chi connectivity index (χ4v) is 18.1. The van der Waals surface area contributed by atoms with Gasteiger partial charge in [0, 0.05) is 140 Å². The lowest BCUT2D eigenvalue weighted by Gasteiger charge is -2.33. The van der Waals surface area contributed by atoms with Gasteiger partial charge >= 0.3 is 35.8 Å². The van der Waals surface area contributed by atoms with Gasteiger partial charge in [0.25, 0.3) is 10.1 Å². The smallest absolute Gasteiger partial charge is 0.317 e. The molecule has 5 atom stereocenters. The van der Waals surface area contributed by atoms with Gasteiger partial charge in [-0.05, 0) is 171 Å². The van der Waals surface area contributed by atoms with Gasteiger partial charge in [-0.1, -0.05) is 67.1 Å². The second-order valence-corrected chi connectivity index (χ2v) is 36.2. The molecule has 0 spiro atoms. The van der Waals surface area contributed by atoms with Crippen molar-refractivity contribution in [3.63, 3.8) is 0 Å². The number of unbranched alkanes of at least 4 members (excludes halogenated alkanes) is 2. The molecule has 6 aromatic carbocycles. The molecule has 3 fully saturated rings. The average molecular weight is 1860 g/mol. The first-order chi connectivity index (χ1) is 62.3. The van der Waals surface area contributed by atoms with Crippen LogP contribution in [0.1, 0.15) is 132 Å². The summed E-state index contributed by atoms with van der Waals surface area (Å²) < 4.78 is 33.9. The summed E-state index contributed by atoms with van der Waals surface area (Å²) in [6, 6.07) is 26.9. The Kier molecular flexibility index (Phi) is 38.9. The number of phenols is 1. The summed E-state index contributed by atoms with van der Waals surface area (Å²) >= 11 is 1.06. The SMILES string of the molecule is Cc1cc(-c2ccc(NC(=O)[C@@H](CCCCNC(=O)CCN3C(=O)CC(SCC(=O)CCC4CCC(C(=O)NC(Cc5ccc6ccccc6c5)C(=O)NCCCC[C@H](CC(=O)C[C@@H](CCC(=O)O)C(=O)O)C(=O)O)CC4)C3=O)NC(=O)CN3CCN(CC(=O)O)CCN(CC(=O)O)CCN(CC(=O)O)CC3)c(C)c2)ccc1N=Nc1ccc2c(S(=O)(=O)O)ccc(N)c2c1O. The molecule has 7 amide bonds. The number of anilines is 2. The first kappa shape index (κ1) is 103. The molecular weight excluding hydrogens is 1740 g/mol. The number of likely N-dealkylation sites (tertiary alicyclic amines) is 1. The van der Waals surface area contributed by atoms with Crippen molar-refractivity contribution >= 4 is 155 Å². The van der Waals surface area contributed by atoms with Gasteiger partial charge in [-0.25, -0.2) is 0 Å². The second-order valence-electron chi connectivity index (χ2n) is 33.6. The maximum absolute atomic E-state index is 14.6. The molecule has 0 radical (unpaired) electrons. The van der Waals surface area contributed by atoms with Crippen molar-refractivity contribution in [3.05, 3.63) is 120 Å². The number of benzene rings is 6. The van der Waals surface area contributed by atoms with E-state index in [0.29, 0.717) is 67.4 Å². The van der Waals surface area contributed by atoms with Crippen molar-refractivity contribution < 1.29 is 121 Å². The number of azo groups is 1. The lowest BCUT2D eigenvalue weighted by atomic mass is 9.79. The van der Waals surface area contributed by atoms with E-state index >= 15 is 0 Å². The minimum atomic E-state index is -4.67. The summed E-state index contributed by atoms with van der Waals surface area (Å²) in [4.78, 5) is 201. The number of carboxylic acid groups (broad SMARTS) is 6. The highest BCUT2D eigenvalue weighted by Crippen LogP contribution is 2.42. The minimum Gasteiger partial charge on any atom is -0.505 e. The predicted molar refractivity (Wildman–Crippen MR) is 483 cm³/mol. The Hall–Kier alpha value is -12.2. The van der Waals surface area contributed by atoms with E-state index in [1.165, 1.54) is 18.2 Å². The molecule has 2 aliphatic heterocycles. The zero-order valence-corrected chi connectivity index (χ0v) is 74.8. The summed E-state index contributed by atoms with van der Waals surface area (Å²) in [6.07, 6.45) is 2.33. The molecule has 40 heteroatoms. The number of hydrogen-bond donors (Lipinski definition) is 14. The van der Waals surface area contributed by atoms with E-state index in [-0.39, 0.29) is 188 Å². The van der Waals surface area contributed by atoms with Crippen molar-refractivity contribution in [1.29, 1.82) is 0 Å². The Morgan fingerprint density at radius 2 is 1.11 bits per heavy atom. The Labute approximate surface area is 761 Å². The van der Waals surface area contributed by atoms with Crippen molar-refractivity contribution in [3.8, 4) is 16.9 Å². The molecule has 706 valence electrons. The highest BCUT2D eigenvalue weighted by molar-refractivity contribution is 8.01. The molecular formula is C91H115N13O25S2. The molecule has 2 unspecified atom stereocenters. The van der Waals surface area contributed by atoms with Crippen LogP contribution in [0, 0.1) is 37.5 Å². The van der Waals surface area contributed by atoms with E-state index < -0.39 is 165 Å². The monoisotopic (exact) mass is 1850 g/mol. The molecule has 3 aliphatic rings. The van der Waals surface area contributed by atoms with Gasteiger partial charge in [0.2, 0.25) is 41.4 Å². The van der Waals surface area contributed by atoms with Gasteiger partial charge < -0.3 is 68.1 Å². The first-order valence-corrected chi connectivity index (χ1v) is 46.1. The Bertz CT molecular complexity index is 5310. The summed E-state index contributed by atoms with van der Waals surface area (Å²) in [5.74, 6) is -14.6. The van der Waals surface area contributed by atoms with Crippen LogP contribution in [0.25, 0.3) is 32.7 Å². The number of nitrogens with two attached hydrogens (primary N) is 1. The Morgan fingerprint density at radius 1 is 0.550 bits per heavy atom. The van der Waals surface area contributed by atoms with Gasteiger partial charge in [0.05, 0.1) is 60.1 Å². The van der Waals surface area contributed by atoms with Gasteiger partial charge in [0.1, 0.15) is 34.2 Å². The summed E-state index contributed by atoms with van der Waals surface area (Å²) in [5.41, 5.74) is 10.5. The number of imide groups is 1. The molecule has 2 heterocycles. The van der Waals surface area contributed by atoms with Crippen molar-refractivity contribution in [2.45, 2.75) is 158 Å². The number of Topliss-reactive ketones (excluding diaryl/α,β-unsaturated/α-hetero) is 2. The Morgan fingerprint density at radius 3 is 1.70 bits per heavy atom. The molecule has 0 aromatic heterocycles. The predicted octanol–water partition coefficient (Wildman–Crippen LogP) is 7.45. The van der Waals surface area contributed by atoms with Crippen LogP contribution < -0.4 is 32.3 Å². The van der Waals surface area contributed by atoms with Crippen LogP contribution in [-0.2, 0) is 88.5 Å². The molecule has 1 aliphatic carbocycles. The van der Waals surface area contributed by atoms with Crippen LogP contribution in [0.3, 0.4) is 0 Å². The molecule has 2 saturated heterocycles. The number of hydrogen-bond acceptors (Lipinski definition) is 26. The number of carboxylic acids is 6. The summed E-state index contributed by atoms with van der Waals surface area (Å²) in [5, 5.41) is 92.7. The van der Waals surface area contributed by atoms with E-state index in [1.54, 1.807) is 57.7 Å². The number of rotatable bonds is 48. The molecule has 38 nitrogen and oxygen atoms in total. The molecule has 9 rings (SSSR count). The molecule has 6 aromatic rings. The van der Waals surface area contributed by atoms with Crippen molar-refractivity contribution in [1.82, 2.24) is 45.8 Å². The largest absolute Gasteiger partial charge is 0.505 e. The van der Waals surface area contributed by atoms with Gasteiger partial charge in [-0.15, -0.1) is 16.9 Å². The van der Waals surface area contributed by atoms with E-state index in [1.807, 2.05) is 54.6 Å². The van der Waals surface area contributed by atoms with Gasteiger partial charge in [-0.2, -0.15) is 13.5 Å². The van der Waals surface area contributed by atoms with Crippen LogP contribution in [-0.4, -0.2) is 283 Å². The second kappa shape index (κ2) is 49.7. The highest BCUT2D eigenvalue weighted by Gasteiger charge is 2.40. The van der Waals surface area contributed by atoms with Crippen LogP contribution in [0.2, 0.25) is 0 Å². The van der Waals surface area contributed by atoms with E-state index in [9.17, 15) is 116 Å². The fraction of sp³-hybridized carbons (Fsp3) is 0.484. The topological polar surface area (TPSA) is 579 Å². The lowest BCUT2D eigenvalue weighted by Crippen LogP contribution is -2.51. The number of thioether (sulfide) groups is 1. The minimum absolute atomic E-state index is 0.0180. The number of nitrogens with one attached hydrogen (secondary N) is 5. The first-order valence-electron chi connectivity index (χ1n) is 43.6. The molecule has 0 bridgehead atoms. The van der Waals surface area contributed by atoms with E-state index in [2.05, 4.69) is 36.8 Å². The van der Waals surface area contributed by atoms with Crippen LogP contribution in [0.4, 0.5) is 22.7 Å². The molecule has 1 saturated carbocycles. The zero-order chi connectivity index (χ0) is 95.2. The number of aryl methyl sites for hydroxylation is 2. The van der Waals surface area contributed by atoms with Crippen molar-refractivity contribution in [2.75, 3.05) is 115 Å². The Balaban J connectivity index is 0.744.